The summed E-state index contributed by atoms with van der Waals surface area (Å²) in [5.41, 5.74) is 4.29. The van der Waals surface area contributed by atoms with Crippen molar-refractivity contribution in [2.75, 3.05) is 6.61 Å². The highest BCUT2D eigenvalue weighted by atomic mass is 16.3. The molecule has 1 aromatic rings. The Balaban J connectivity index is 1.68. The number of rotatable bonds is 5. The van der Waals surface area contributed by atoms with Gasteiger partial charge in [0.15, 0.2) is 0 Å². The SMILES string of the molecule is CCC(CCO)NC(=O)NC1CC2CCCc3cccc1c32. The summed E-state index contributed by atoms with van der Waals surface area (Å²) in [7, 11) is 0. The van der Waals surface area contributed by atoms with E-state index in [1.807, 2.05) is 6.92 Å². The summed E-state index contributed by atoms with van der Waals surface area (Å²) in [6.07, 6.45) is 6.14. The zero-order chi connectivity index (χ0) is 15.5. The van der Waals surface area contributed by atoms with Crippen LogP contribution in [0.4, 0.5) is 4.79 Å². The van der Waals surface area contributed by atoms with Gasteiger partial charge in [-0.05, 0) is 61.1 Å². The number of carbonyl (C=O) groups is 1. The van der Waals surface area contributed by atoms with Gasteiger partial charge in [0.25, 0.3) is 0 Å². The van der Waals surface area contributed by atoms with E-state index in [0.29, 0.717) is 12.3 Å². The highest BCUT2D eigenvalue weighted by Gasteiger charge is 2.35. The Labute approximate surface area is 132 Å². The van der Waals surface area contributed by atoms with Crippen LogP contribution in [0.3, 0.4) is 0 Å². The largest absolute Gasteiger partial charge is 0.396 e. The summed E-state index contributed by atoms with van der Waals surface area (Å²) < 4.78 is 0. The minimum Gasteiger partial charge on any atom is -0.396 e. The van der Waals surface area contributed by atoms with Gasteiger partial charge >= 0.3 is 6.03 Å². The van der Waals surface area contributed by atoms with Crippen molar-refractivity contribution in [3.63, 3.8) is 0 Å². The van der Waals surface area contributed by atoms with Gasteiger partial charge in [-0.3, -0.25) is 0 Å². The van der Waals surface area contributed by atoms with Crippen molar-refractivity contribution < 1.29 is 9.90 Å². The fraction of sp³-hybridized carbons (Fsp3) is 0.611. The van der Waals surface area contributed by atoms with E-state index in [-0.39, 0.29) is 24.7 Å². The molecule has 4 heteroatoms. The van der Waals surface area contributed by atoms with Gasteiger partial charge in [0.2, 0.25) is 0 Å². The molecule has 0 saturated heterocycles. The molecule has 120 valence electrons. The fourth-order valence-corrected chi connectivity index (χ4v) is 4.04. The van der Waals surface area contributed by atoms with Crippen molar-refractivity contribution in [3.8, 4) is 0 Å². The summed E-state index contributed by atoms with van der Waals surface area (Å²) in [6, 6.07) is 6.59. The first-order chi connectivity index (χ1) is 10.7. The van der Waals surface area contributed by atoms with Gasteiger partial charge in [0.1, 0.15) is 0 Å². The third kappa shape index (κ3) is 2.98. The quantitative estimate of drug-likeness (QED) is 0.783. The van der Waals surface area contributed by atoms with Crippen molar-refractivity contribution in [3.05, 3.63) is 34.9 Å². The number of aryl methyl sites for hydroxylation is 1. The Kier molecular flexibility index (Phi) is 4.67. The second-order valence-electron chi connectivity index (χ2n) is 6.53. The molecule has 2 aliphatic carbocycles. The van der Waals surface area contributed by atoms with E-state index in [1.165, 1.54) is 36.0 Å². The second-order valence-corrected chi connectivity index (χ2v) is 6.53. The zero-order valence-electron chi connectivity index (χ0n) is 13.3. The van der Waals surface area contributed by atoms with Crippen molar-refractivity contribution in [2.45, 2.75) is 63.5 Å². The Bertz CT molecular complexity index is 544. The molecule has 0 spiro atoms. The standard InChI is InChI=1S/C18H26N2O2/c1-2-14(9-10-21)19-18(22)20-16-11-13-7-3-5-12-6-4-8-15(16)17(12)13/h4,6,8,13-14,16,21H,2-3,5,7,9-11H2,1H3,(H2,19,20,22). The number of carbonyl (C=O) groups excluding carboxylic acids is 1. The molecule has 0 radical (unpaired) electrons. The van der Waals surface area contributed by atoms with Crippen molar-refractivity contribution in [1.29, 1.82) is 0 Å². The number of urea groups is 1. The highest BCUT2D eigenvalue weighted by Crippen LogP contribution is 2.47. The van der Waals surface area contributed by atoms with Crippen LogP contribution in [0.15, 0.2) is 18.2 Å². The van der Waals surface area contributed by atoms with Crippen LogP contribution < -0.4 is 10.6 Å². The van der Waals surface area contributed by atoms with E-state index < -0.39 is 0 Å². The van der Waals surface area contributed by atoms with Crippen LogP contribution in [0, 0.1) is 0 Å². The lowest BCUT2D eigenvalue weighted by Crippen LogP contribution is -2.43. The van der Waals surface area contributed by atoms with E-state index in [1.54, 1.807) is 0 Å². The van der Waals surface area contributed by atoms with Crippen LogP contribution in [0.5, 0.6) is 0 Å². The van der Waals surface area contributed by atoms with Gasteiger partial charge in [-0.25, -0.2) is 4.79 Å². The van der Waals surface area contributed by atoms with Crippen LogP contribution in [0.25, 0.3) is 0 Å². The number of hydrogen-bond donors (Lipinski definition) is 3. The molecule has 0 aromatic heterocycles. The van der Waals surface area contributed by atoms with Crippen molar-refractivity contribution >= 4 is 6.03 Å². The first-order valence-corrected chi connectivity index (χ1v) is 8.52. The molecule has 3 atom stereocenters. The lowest BCUT2D eigenvalue weighted by Gasteiger charge is -2.20. The molecule has 0 bridgehead atoms. The molecule has 0 fully saturated rings. The minimum absolute atomic E-state index is 0.0451. The third-order valence-electron chi connectivity index (χ3n) is 5.14. The molecule has 2 aliphatic rings. The summed E-state index contributed by atoms with van der Waals surface area (Å²) >= 11 is 0. The number of benzene rings is 1. The van der Waals surface area contributed by atoms with Gasteiger partial charge in [-0.15, -0.1) is 0 Å². The number of hydrogen-bond acceptors (Lipinski definition) is 2. The summed E-state index contributed by atoms with van der Waals surface area (Å²) in [6.45, 7) is 2.13. The Morgan fingerprint density at radius 2 is 2.32 bits per heavy atom. The summed E-state index contributed by atoms with van der Waals surface area (Å²) in [5, 5.41) is 15.2. The lowest BCUT2D eigenvalue weighted by molar-refractivity contribution is 0.224. The molecule has 22 heavy (non-hydrogen) atoms. The normalized spacial score (nSPS) is 23.7. The van der Waals surface area contributed by atoms with Gasteiger partial charge in [0.05, 0.1) is 6.04 Å². The van der Waals surface area contributed by atoms with Gasteiger partial charge < -0.3 is 15.7 Å². The summed E-state index contributed by atoms with van der Waals surface area (Å²) in [5.74, 6) is 0.615. The van der Waals surface area contributed by atoms with Gasteiger partial charge in [-0.2, -0.15) is 0 Å². The molecule has 0 saturated carbocycles. The fourth-order valence-electron chi connectivity index (χ4n) is 4.04. The van der Waals surface area contributed by atoms with Crippen LogP contribution in [-0.4, -0.2) is 23.8 Å². The van der Waals surface area contributed by atoms with Crippen LogP contribution in [0.2, 0.25) is 0 Å². The predicted molar refractivity (Wildman–Crippen MR) is 86.9 cm³/mol. The second kappa shape index (κ2) is 6.69. The van der Waals surface area contributed by atoms with Gasteiger partial charge in [0, 0.05) is 12.6 Å². The molecule has 3 rings (SSSR count). The van der Waals surface area contributed by atoms with Crippen LogP contribution in [0.1, 0.15) is 67.7 Å². The van der Waals surface area contributed by atoms with Crippen molar-refractivity contribution in [1.82, 2.24) is 10.6 Å². The average molecular weight is 302 g/mol. The van der Waals surface area contributed by atoms with E-state index in [9.17, 15) is 4.79 Å². The number of aliphatic hydroxyl groups excluding tert-OH is 1. The molecule has 0 aliphatic heterocycles. The Morgan fingerprint density at radius 1 is 1.45 bits per heavy atom. The first kappa shape index (κ1) is 15.3. The molecular weight excluding hydrogens is 276 g/mol. The topological polar surface area (TPSA) is 61.4 Å². The molecule has 0 heterocycles. The lowest BCUT2D eigenvalue weighted by atomic mass is 9.84. The molecule has 1 aromatic carbocycles. The Hall–Kier alpha value is -1.55. The molecule has 3 unspecified atom stereocenters. The predicted octanol–water partition coefficient (Wildman–Crippen LogP) is 3.01. The first-order valence-electron chi connectivity index (χ1n) is 8.52. The molecule has 2 amide bonds. The van der Waals surface area contributed by atoms with E-state index >= 15 is 0 Å². The molecule has 3 N–H and O–H groups in total. The highest BCUT2D eigenvalue weighted by molar-refractivity contribution is 5.75. The molecular formula is C18H26N2O2. The zero-order valence-corrected chi connectivity index (χ0v) is 13.3. The Morgan fingerprint density at radius 3 is 3.09 bits per heavy atom. The monoisotopic (exact) mass is 302 g/mol. The van der Waals surface area contributed by atoms with Gasteiger partial charge in [-0.1, -0.05) is 25.1 Å². The maximum atomic E-state index is 12.2. The maximum Gasteiger partial charge on any atom is 0.315 e. The smallest absolute Gasteiger partial charge is 0.315 e. The summed E-state index contributed by atoms with van der Waals surface area (Å²) in [4.78, 5) is 12.2. The maximum absolute atomic E-state index is 12.2. The van der Waals surface area contributed by atoms with E-state index in [2.05, 4.69) is 28.8 Å². The van der Waals surface area contributed by atoms with Crippen LogP contribution >= 0.6 is 0 Å². The van der Waals surface area contributed by atoms with E-state index in [0.717, 1.165) is 12.8 Å². The van der Waals surface area contributed by atoms with Crippen molar-refractivity contribution in [2.24, 2.45) is 0 Å². The number of aliphatic hydroxyl groups is 1. The number of nitrogens with one attached hydrogen (secondary N) is 2. The minimum atomic E-state index is -0.110. The molecule has 4 nitrogen and oxygen atoms in total. The van der Waals surface area contributed by atoms with E-state index in [4.69, 9.17) is 5.11 Å². The van der Waals surface area contributed by atoms with Crippen LogP contribution in [-0.2, 0) is 6.42 Å². The number of amides is 2. The average Bonchev–Trinajstić information content (AvgIpc) is 2.87. The third-order valence-corrected chi connectivity index (χ3v) is 5.14.